The number of ketones is 1. The highest BCUT2D eigenvalue weighted by molar-refractivity contribution is 6.17. The van der Waals surface area contributed by atoms with E-state index in [1.165, 1.54) is 0 Å². The lowest BCUT2D eigenvalue weighted by Crippen LogP contribution is -2.45. The fourth-order valence-electron chi connectivity index (χ4n) is 3.05. The lowest BCUT2D eigenvalue weighted by atomic mass is 9.83. The van der Waals surface area contributed by atoms with E-state index in [9.17, 15) is 14.9 Å². The second kappa shape index (κ2) is 4.52. The summed E-state index contributed by atoms with van der Waals surface area (Å²) in [7, 11) is 0. The van der Waals surface area contributed by atoms with Crippen LogP contribution >= 0.6 is 0 Å². The SMILES string of the molecule is C=Nc1ccc(C2C(=O)NC(C)(C3CC3)C2=O)c(C#N)c1. The van der Waals surface area contributed by atoms with Gasteiger partial charge in [-0.25, -0.2) is 0 Å². The Bertz CT molecular complexity index is 700. The number of aliphatic imine (C=N–C) groups is 1. The maximum Gasteiger partial charge on any atom is 0.236 e. The van der Waals surface area contributed by atoms with E-state index < -0.39 is 11.5 Å². The molecule has 1 heterocycles. The van der Waals surface area contributed by atoms with Gasteiger partial charge in [-0.05, 0) is 50.1 Å². The summed E-state index contributed by atoms with van der Waals surface area (Å²) in [5.74, 6) is -1.13. The lowest BCUT2D eigenvalue weighted by Gasteiger charge is -2.21. The van der Waals surface area contributed by atoms with Gasteiger partial charge in [0.2, 0.25) is 5.91 Å². The molecule has 5 heteroatoms. The summed E-state index contributed by atoms with van der Waals surface area (Å²) in [5.41, 5.74) is 0.514. The number of hydrogen-bond donors (Lipinski definition) is 1. The van der Waals surface area contributed by atoms with Crippen molar-refractivity contribution in [1.29, 1.82) is 5.26 Å². The van der Waals surface area contributed by atoms with Crippen molar-refractivity contribution < 1.29 is 9.59 Å². The van der Waals surface area contributed by atoms with Gasteiger partial charge in [-0.2, -0.15) is 5.26 Å². The van der Waals surface area contributed by atoms with E-state index in [1.54, 1.807) is 25.1 Å². The molecule has 1 aromatic carbocycles. The summed E-state index contributed by atoms with van der Waals surface area (Å²) in [4.78, 5) is 28.8. The number of carbonyl (C=O) groups is 2. The number of benzene rings is 1. The molecule has 1 aliphatic heterocycles. The molecule has 1 amide bonds. The zero-order chi connectivity index (χ0) is 15.2. The monoisotopic (exact) mass is 281 g/mol. The van der Waals surface area contributed by atoms with E-state index in [4.69, 9.17) is 0 Å². The minimum absolute atomic E-state index is 0.134. The smallest absolute Gasteiger partial charge is 0.236 e. The molecule has 1 aromatic rings. The third-order valence-corrected chi connectivity index (χ3v) is 4.46. The van der Waals surface area contributed by atoms with Crippen molar-refractivity contribution in [3.05, 3.63) is 29.3 Å². The van der Waals surface area contributed by atoms with Crippen LogP contribution in [-0.2, 0) is 9.59 Å². The third-order valence-electron chi connectivity index (χ3n) is 4.46. The summed E-state index contributed by atoms with van der Waals surface area (Å²) in [6, 6.07) is 6.88. The molecule has 2 atom stereocenters. The Balaban J connectivity index is 2.05. The Morgan fingerprint density at radius 3 is 2.71 bits per heavy atom. The first-order valence-electron chi connectivity index (χ1n) is 6.88. The van der Waals surface area contributed by atoms with Crippen LogP contribution in [0.25, 0.3) is 0 Å². The second-order valence-corrected chi connectivity index (χ2v) is 5.80. The molecule has 0 aromatic heterocycles. The zero-order valence-electron chi connectivity index (χ0n) is 11.7. The number of amides is 1. The number of nitrogens with zero attached hydrogens (tertiary/aromatic N) is 2. The van der Waals surface area contributed by atoms with E-state index in [0.29, 0.717) is 16.8 Å². The van der Waals surface area contributed by atoms with Gasteiger partial charge in [0.1, 0.15) is 5.92 Å². The van der Waals surface area contributed by atoms with Gasteiger partial charge in [0.15, 0.2) is 5.78 Å². The molecular formula is C16H15N3O2. The highest BCUT2D eigenvalue weighted by atomic mass is 16.2. The maximum atomic E-state index is 12.7. The van der Waals surface area contributed by atoms with Crippen molar-refractivity contribution in [1.82, 2.24) is 5.32 Å². The fraction of sp³-hybridized carbons (Fsp3) is 0.375. The average Bonchev–Trinajstić information content (AvgIpc) is 3.29. The highest BCUT2D eigenvalue weighted by Crippen LogP contribution is 2.46. The molecule has 2 unspecified atom stereocenters. The molecule has 1 saturated heterocycles. The van der Waals surface area contributed by atoms with Crippen LogP contribution in [0.4, 0.5) is 5.69 Å². The summed E-state index contributed by atoms with van der Waals surface area (Å²) in [5, 5.41) is 12.1. The van der Waals surface area contributed by atoms with Crippen molar-refractivity contribution >= 4 is 24.1 Å². The third kappa shape index (κ3) is 1.95. The number of nitrogens with one attached hydrogen (secondary N) is 1. The van der Waals surface area contributed by atoms with Gasteiger partial charge >= 0.3 is 0 Å². The summed E-state index contributed by atoms with van der Waals surface area (Å²) in [6.45, 7) is 5.20. The normalized spacial score (nSPS) is 28.1. The Labute approximate surface area is 122 Å². The molecule has 0 bridgehead atoms. The predicted octanol–water partition coefficient (Wildman–Crippen LogP) is 1.84. The van der Waals surface area contributed by atoms with Crippen molar-refractivity contribution in [2.45, 2.75) is 31.2 Å². The highest BCUT2D eigenvalue weighted by Gasteiger charge is 2.57. The molecule has 2 fully saturated rings. The van der Waals surface area contributed by atoms with Gasteiger partial charge in [-0.15, -0.1) is 0 Å². The van der Waals surface area contributed by atoms with E-state index in [0.717, 1.165) is 12.8 Å². The number of hydrogen-bond acceptors (Lipinski definition) is 4. The van der Waals surface area contributed by atoms with Gasteiger partial charge in [0.25, 0.3) is 0 Å². The van der Waals surface area contributed by atoms with Gasteiger partial charge < -0.3 is 5.32 Å². The largest absolute Gasteiger partial charge is 0.343 e. The van der Waals surface area contributed by atoms with E-state index in [-0.39, 0.29) is 17.6 Å². The molecule has 5 nitrogen and oxygen atoms in total. The van der Waals surface area contributed by atoms with Crippen LogP contribution in [0.2, 0.25) is 0 Å². The van der Waals surface area contributed by atoms with Crippen LogP contribution in [0, 0.1) is 17.2 Å². The van der Waals surface area contributed by atoms with Crippen molar-refractivity contribution in [2.75, 3.05) is 0 Å². The zero-order valence-corrected chi connectivity index (χ0v) is 11.7. The Morgan fingerprint density at radius 2 is 2.14 bits per heavy atom. The quantitative estimate of drug-likeness (QED) is 0.678. The minimum Gasteiger partial charge on any atom is -0.343 e. The minimum atomic E-state index is -0.899. The van der Waals surface area contributed by atoms with Gasteiger partial charge in [-0.1, -0.05) is 6.07 Å². The van der Waals surface area contributed by atoms with Crippen LogP contribution in [0.1, 0.15) is 36.8 Å². The van der Waals surface area contributed by atoms with Gasteiger partial charge in [-0.3, -0.25) is 14.6 Å². The Kier molecular flexibility index (Phi) is 2.91. The van der Waals surface area contributed by atoms with Crippen molar-refractivity contribution in [3.63, 3.8) is 0 Å². The Hall–Kier alpha value is -2.48. The molecule has 1 aliphatic carbocycles. The van der Waals surface area contributed by atoms with E-state index in [1.807, 2.05) is 6.07 Å². The molecule has 21 heavy (non-hydrogen) atoms. The standard InChI is InChI=1S/C16H15N3O2/c1-16(10-3-4-10)14(20)13(15(21)19-16)12-6-5-11(18-2)7-9(12)8-17/h5-7,10,13H,2-4H2,1H3,(H,19,21). The fourth-order valence-corrected chi connectivity index (χ4v) is 3.05. The first-order chi connectivity index (χ1) is 10.0. The van der Waals surface area contributed by atoms with Crippen LogP contribution in [0.15, 0.2) is 23.2 Å². The molecule has 1 N–H and O–H groups in total. The van der Waals surface area contributed by atoms with Crippen molar-refractivity contribution in [3.8, 4) is 6.07 Å². The second-order valence-electron chi connectivity index (χ2n) is 5.80. The topological polar surface area (TPSA) is 82.3 Å². The number of nitriles is 1. The first kappa shape index (κ1) is 13.5. The van der Waals surface area contributed by atoms with E-state index in [2.05, 4.69) is 17.0 Å². The maximum absolute atomic E-state index is 12.7. The Morgan fingerprint density at radius 1 is 1.43 bits per heavy atom. The van der Waals surface area contributed by atoms with Crippen LogP contribution < -0.4 is 5.32 Å². The molecule has 106 valence electrons. The predicted molar refractivity (Wildman–Crippen MR) is 77.4 cm³/mol. The lowest BCUT2D eigenvalue weighted by molar-refractivity contribution is -0.125. The van der Waals surface area contributed by atoms with Crippen LogP contribution in [-0.4, -0.2) is 23.9 Å². The number of Topliss-reactive ketones (excluding diaryl/α,β-unsaturated/α-hetero) is 1. The summed E-state index contributed by atoms with van der Waals surface area (Å²) >= 11 is 0. The number of rotatable bonds is 3. The van der Waals surface area contributed by atoms with Gasteiger partial charge in [0, 0.05) is 0 Å². The molecule has 3 rings (SSSR count). The van der Waals surface area contributed by atoms with Crippen LogP contribution in [0.3, 0.4) is 0 Å². The molecule has 2 aliphatic rings. The van der Waals surface area contributed by atoms with Crippen LogP contribution in [0.5, 0.6) is 0 Å². The van der Waals surface area contributed by atoms with Gasteiger partial charge in [0.05, 0.1) is 22.9 Å². The first-order valence-corrected chi connectivity index (χ1v) is 6.88. The summed E-state index contributed by atoms with van der Waals surface area (Å²) in [6.07, 6.45) is 1.92. The number of carbonyl (C=O) groups excluding carboxylic acids is 2. The molecular weight excluding hydrogens is 266 g/mol. The van der Waals surface area contributed by atoms with Crippen molar-refractivity contribution in [2.24, 2.45) is 10.9 Å². The molecule has 1 saturated carbocycles. The molecule has 0 radical (unpaired) electrons. The molecule has 0 spiro atoms. The average molecular weight is 281 g/mol. The summed E-state index contributed by atoms with van der Waals surface area (Å²) < 4.78 is 0. The van der Waals surface area contributed by atoms with E-state index >= 15 is 0 Å².